The zero-order valence-corrected chi connectivity index (χ0v) is 22.4. The smallest absolute Gasteiger partial charge is 0.257 e. The third-order valence-electron chi connectivity index (χ3n) is 7.88. The molecule has 0 bridgehead atoms. The summed E-state index contributed by atoms with van der Waals surface area (Å²) in [5.74, 6) is 2.02. The fourth-order valence-electron chi connectivity index (χ4n) is 5.65. The van der Waals surface area contributed by atoms with Crippen LogP contribution in [0.3, 0.4) is 0 Å². The molecule has 11 nitrogen and oxygen atoms in total. The van der Waals surface area contributed by atoms with Crippen molar-refractivity contribution in [1.82, 2.24) is 24.8 Å². The number of aromatic nitrogens is 3. The first kappa shape index (κ1) is 24.7. The molecule has 3 aromatic rings. The fraction of sp³-hybridized carbons (Fsp3) is 0.519. The average molecular weight is 554 g/mol. The van der Waals surface area contributed by atoms with Crippen LogP contribution < -0.4 is 20.1 Å². The molecule has 39 heavy (non-hydrogen) atoms. The second-order valence-electron chi connectivity index (χ2n) is 10.5. The molecule has 1 amide bonds. The van der Waals surface area contributed by atoms with Crippen LogP contribution in [0.15, 0.2) is 18.3 Å². The highest BCUT2D eigenvalue weighted by molar-refractivity contribution is 6.36. The summed E-state index contributed by atoms with van der Waals surface area (Å²) in [6.45, 7) is 5.74. The Morgan fingerprint density at radius 1 is 0.974 bits per heavy atom. The molecule has 206 valence electrons. The van der Waals surface area contributed by atoms with Gasteiger partial charge < -0.3 is 34.7 Å². The van der Waals surface area contributed by atoms with E-state index in [1.807, 2.05) is 11.0 Å². The highest BCUT2D eigenvalue weighted by Crippen LogP contribution is 2.43. The van der Waals surface area contributed by atoms with Gasteiger partial charge in [-0.15, -0.1) is 0 Å². The molecule has 1 saturated carbocycles. The second kappa shape index (κ2) is 10.4. The molecule has 0 atom stereocenters. The highest BCUT2D eigenvalue weighted by atomic mass is 35.5. The summed E-state index contributed by atoms with van der Waals surface area (Å²) in [6, 6.07) is 4.55. The Bertz CT molecular complexity index is 1380. The number of benzene rings is 1. The predicted octanol–water partition coefficient (Wildman–Crippen LogP) is 3.64. The van der Waals surface area contributed by atoms with Gasteiger partial charge in [-0.05, 0) is 37.8 Å². The van der Waals surface area contributed by atoms with Gasteiger partial charge in [0.25, 0.3) is 5.91 Å². The Morgan fingerprint density at radius 3 is 2.51 bits per heavy atom. The molecule has 0 spiro atoms. The largest absolute Gasteiger partial charge is 0.485 e. The van der Waals surface area contributed by atoms with Crippen molar-refractivity contribution in [3.8, 4) is 11.5 Å². The van der Waals surface area contributed by atoms with Gasteiger partial charge in [-0.1, -0.05) is 11.6 Å². The molecule has 3 N–H and O–H groups in total. The Kier molecular flexibility index (Phi) is 6.57. The van der Waals surface area contributed by atoms with E-state index >= 15 is 0 Å². The molecule has 0 radical (unpaired) electrons. The van der Waals surface area contributed by atoms with Gasteiger partial charge in [0.15, 0.2) is 11.5 Å². The Hall–Kier alpha value is -3.28. The SMILES string of the molecule is O=C(c1ccc(Nc2nc(NC3CC3)c3c(Cl)c[nH]c3n2)c2c1OCCO2)N1CCC(N2CCOCC2)CC1. The zero-order chi connectivity index (χ0) is 26.3. The van der Waals surface area contributed by atoms with Crippen LogP contribution in [-0.4, -0.2) is 95.3 Å². The van der Waals surface area contributed by atoms with Crippen molar-refractivity contribution in [1.29, 1.82) is 0 Å². The second-order valence-corrected chi connectivity index (χ2v) is 10.9. The molecular weight excluding hydrogens is 522 g/mol. The maximum Gasteiger partial charge on any atom is 0.257 e. The number of rotatable bonds is 6. The number of halogens is 1. The number of carbonyl (C=O) groups is 1. The third kappa shape index (κ3) is 4.94. The number of fused-ring (bicyclic) bond motifs is 2. The van der Waals surface area contributed by atoms with Crippen LogP contribution in [-0.2, 0) is 4.74 Å². The molecule has 1 aliphatic carbocycles. The van der Waals surface area contributed by atoms with Gasteiger partial charge >= 0.3 is 0 Å². The van der Waals surface area contributed by atoms with E-state index in [2.05, 4.69) is 25.5 Å². The molecule has 0 unspecified atom stereocenters. The minimum Gasteiger partial charge on any atom is -0.485 e. The maximum atomic E-state index is 13.6. The van der Waals surface area contributed by atoms with Crippen LogP contribution >= 0.6 is 11.6 Å². The van der Waals surface area contributed by atoms with E-state index in [4.69, 9.17) is 30.8 Å². The first-order chi connectivity index (χ1) is 19.1. The topological polar surface area (TPSA) is 117 Å². The predicted molar refractivity (Wildman–Crippen MR) is 148 cm³/mol. The van der Waals surface area contributed by atoms with Gasteiger partial charge in [-0.25, -0.2) is 0 Å². The van der Waals surface area contributed by atoms with Gasteiger partial charge in [0, 0.05) is 44.5 Å². The molecule has 1 aromatic carbocycles. The van der Waals surface area contributed by atoms with Crippen LogP contribution in [0.2, 0.25) is 5.02 Å². The van der Waals surface area contributed by atoms with Crippen molar-refractivity contribution >= 4 is 46.0 Å². The number of anilines is 3. The van der Waals surface area contributed by atoms with Gasteiger partial charge in [0.05, 0.1) is 34.9 Å². The van der Waals surface area contributed by atoms with E-state index in [0.29, 0.717) is 70.5 Å². The van der Waals surface area contributed by atoms with E-state index in [0.717, 1.165) is 70.5 Å². The third-order valence-corrected chi connectivity index (χ3v) is 8.18. The summed E-state index contributed by atoms with van der Waals surface area (Å²) in [7, 11) is 0. The quantitative estimate of drug-likeness (QED) is 0.420. The van der Waals surface area contributed by atoms with Gasteiger partial charge in [0.2, 0.25) is 5.95 Å². The minimum atomic E-state index is -0.0293. The van der Waals surface area contributed by atoms with Crippen molar-refractivity contribution < 1.29 is 19.0 Å². The summed E-state index contributed by atoms with van der Waals surface area (Å²) < 4.78 is 17.5. The van der Waals surface area contributed by atoms with Crippen molar-refractivity contribution in [2.45, 2.75) is 37.8 Å². The summed E-state index contributed by atoms with van der Waals surface area (Å²) >= 11 is 6.40. The zero-order valence-electron chi connectivity index (χ0n) is 21.7. The molecule has 2 saturated heterocycles. The maximum absolute atomic E-state index is 13.6. The number of nitrogens with zero attached hydrogens (tertiary/aromatic N) is 4. The number of H-pyrrole nitrogens is 1. The van der Waals surface area contributed by atoms with Gasteiger partial charge in [-0.2, -0.15) is 9.97 Å². The lowest BCUT2D eigenvalue weighted by molar-refractivity contribution is 0.00152. The molecular formula is C27H32ClN7O4. The molecule has 4 aliphatic rings. The van der Waals surface area contributed by atoms with Crippen LogP contribution in [0.25, 0.3) is 11.0 Å². The summed E-state index contributed by atoms with van der Waals surface area (Å²) in [5.41, 5.74) is 1.80. The van der Waals surface area contributed by atoms with Crippen LogP contribution in [0, 0.1) is 0 Å². The number of ether oxygens (including phenoxy) is 3. The summed E-state index contributed by atoms with van der Waals surface area (Å²) in [4.78, 5) is 30.5. The molecule has 7 rings (SSSR count). The average Bonchev–Trinajstić information content (AvgIpc) is 3.72. The lowest BCUT2D eigenvalue weighted by atomic mass is 10.0. The number of piperidine rings is 1. The fourth-order valence-corrected chi connectivity index (χ4v) is 5.88. The number of aromatic amines is 1. The van der Waals surface area contributed by atoms with Crippen molar-refractivity contribution in [3.63, 3.8) is 0 Å². The standard InChI is InChI=1S/C27H32ClN7O4/c28-19-15-29-24-21(19)25(30-16-1-2-16)33-27(32-24)31-20-4-3-18(22-23(20)39-14-13-38-22)26(36)35-7-5-17(6-8-35)34-9-11-37-12-10-34/h3-4,15-17H,1-2,5-14H2,(H3,29,30,31,32,33). The van der Waals surface area contributed by atoms with E-state index in [9.17, 15) is 4.79 Å². The van der Waals surface area contributed by atoms with Gasteiger partial charge in [-0.3, -0.25) is 9.69 Å². The number of amides is 1. The number of morpholine rings is 1. The number of hydrogen-bond acceptors (Lipinski definition) is 9. The first-order valence-electron chi connectivity index (χ1n) is 13.8. The van der Waals surface area contributed by atoms with Crippen LogP contribution in [0.1, 0.15) is 36.0 Å². The van der Waals surface area contributed by atoms with E-state index in [1.165, 1.54) is 0 Å². The van der Waals surface area contributed by atoms with Gasteiger partial charge in [0.1, 0.15) is 24.7 Å². The molecule has 12 heteroatoms. The van der Waals surface area contributed by atoms with Crippen molar-refractivity contribution in [3.05, 3.63) is 28.9 Å². The summed E-state index contributed by atoms with van der Waals surface area (Å²) in [5, 5.41) is 8.08. The van der Waals surface area contributed by atoms with E-state index in [1.54, 1.807) is 12.3 Å². The molecule has 2 aromatic heterocycles. The first-order valence-corrected chi connectivity index (χ1v) is 14.1. The van der Waals surface area contributed by atoms with E-state index in [-0.39, 0.29) is 5.91 Å². The Balaban J connectivity index is 1.12. The number of hydrogen-bond donors (Lipinski definition) is 3. The van der Waals surface area contributed by atoms with Crippen LogP contribution in [0.5, 0.6) is 11.5 Å². The number of likely N-dealkylation sites (tertiary alicyclic amines) is 1. The number of carbonyl (C=O) groups excluding carboxylic acids is 1. The minimum absolute atomic E-state index is 0.0293. The van der Waals surface area contributed by atoms with Crippen LogP contribution in [0.4, 0.5) is 17.5 Å². The lowest BCUT2D eigenvalue weighted by Crippen LogP contribution is -2.50. The molecule has 3 aliphatic heterocycles. The number of nitrogens with one attached hydrogen (secondary N) is 3. The Morgan fingerprint density at radius 2 is 1.74 bits per heavy atom. The molecule has 3 fully saturated rings. The molecule has 5 heterocycles. The normalized spacial score (nSPS) is 20.3. The monoisotopic (exact) mass is 553 g/mol. The van der Waals surface area contributed by atoms with Crippen molar-refractivity contribution in [2.24, 2.45) is 0 Å². The summed E-state index contributed by atoms with van der Waals surface area (Å²) in [6.07, 6.45) is 5.85. The highest BCUT2D eigenvalue weighted by Gasteiger charge is 2.32. The Labute approximate surface area is 231 Å². The lowest BCUT2D eigenvalue weighted by Gasteiger charge is -2.40. The van der Waals surface area contributed by atoms with Crippen molar-refractivity contribution in [2.75, 3.05) is 63.2 Å². The van der Waals surface area contributed by atoms with E-state index < -0.39 is 0 Å².